The third-order valence-electron chi connectivity index (χ3n) is 1.96. The fourth-order valence-electron chi connectivity index (χ4n) is 1.28. The summed E-state index contributed by atoms with van der Waals surface area (Å²) < 4.78 is 5.52. The highest BCUT2D eigenvalue weighted by Gasteiger charge is 2.12. The highest BCUT2D eigenvalue weighted by molar-refractivity contribution is 7.17. The van der Waals surface area contributed by atoms with Crippen molar-refractivity contribution >= 4 is 39.8 Å². The van der Waals surface area contributed by atoms with Crippen LogP contribution in [0.1, 0.15) is 10.4 Å². The molecule has 1 aromatic heterocycles. The Morgan fingerprint density at radius 3 is 2.87 bits per heavy atom. The number of halogens is 1. The number of phenolic OH excluding ortho intramolecular Hbond substituents is 1. The molecule has 2 aromatic rings. The molecule has 0 aliphatic carbocycles. The van der Waals surface area contributed by atoms with Crippen LogP contribution in [0.25, 0.3) is 10.1 Å². The maximum atomic E-state index is 11.3. The highest BCUT2D eigenvalue weighted by atomic mass is 35.5. The third-order valence-corrected chi connectivity index (χ3v) is 2.91. The molecule has 0 aliphatic heterocycles. The molecule has 0 saturated carbocycles. The molecule has 0 saturated heterocycles. The molecule has 1 heterocycles. The number of fused-ring (bicyclic) bond motifs is 1. The molecule has 0 amide bonds. The van der Waals surface area contributed by atoms with Crippen molar-refractivity contribution in [1.29, 1.82) is 0 Å². The number of benzene rings is 1. The molecular weight excluding hydrogens is 236 g/mol. The first kappa shape index (κ1) is 11.8. The lowest BCUT2D eigenvalue weighted by Crippen LogP contribution is -1.98. The minimum absolute atomic E-state index is 0. The fourth-order valence-corrected chi connectivity index (χ4v) is 2.25. The Bertz CT molecular complexity index is 492. The van der Waals surface area contributed by atoms with E-state index in [1.165, 1.54) is 18.4 Å². The third kappa shape index (κ3) is 2.06. The Morgan fingerprint density at radius 1 is 1.47 bits per heavy atom. The van der Waals surface area contributed by atoms with E-state index in [-0.39, 0.29) is 24.1 Å². The average Bonchev–Trinajstić information content (AvgIpc) is 2.59. The number of methoxy groups -OCH3 is 1. The topological polar surface area (TPSA) is 46.5 Å². The maximum Gasteiger partial charge on any atom is 0.339 e. The largest absolute Gasteiger partial charge is 0.508 e. The molecule has 0 bridgehead atoms. The van der Waals surface area contributed by atoms with E-state index in [1.807, 2.05) is 0 Å². The first-order valence-electron chi connectivity index (χ1n) is 4.01. The average molecular weight is 245 g/mol. The summed E-state index contributed by atoms with van der Waals surface area (Å²) in [7, 11) is 1.35. The maximum absolute atomic E-state index is 11.3. The fraction of sp³-hybridized carbons (Fsp3) is 0.100. The van der Waals surface area contributed by atoms with Crippen LogP contribution in [0.4, 0.5) is 0 Å². The highest BCUT2D eigenvalue weighted by Crippen LogP contribution is 2.29. The van der Waals surface area contributed by atoms with E-state index in [2.05, 4.69) is 4.74 Å². The van der Waals surface area contributed by atoms with Crippen molar-refractivity contribution in [2.45, 2.75) is 0 Å². The summed E-state index contributed by atoms with van der Waals surface area (Å²) in [5, 5.41) is 11.8. The van der Waals surface area contributed by atoms with E-state index in [0.29, 0.717) is 5.56 Å². The monoisotopic (exact) mass is 244 g/mol. The van der Waals surface area contributed by atoms with Crippen LogP contribution in [0, 0.1) is 0 Å². The van der Waals surface area contributed by atoms with Crippen molar-refractivity contribution in [3.05, 3.63) is 29.1 Å². The number of carbonyl (C=O) groups excluding carboxylic acids is 1. The Labute approximate surface area is 96.7 Å². The van der Waals surface area contributed by atoms with Crippen LogP contribution in [-0.2, 0) is 4.74 Å². The number of carbonyl (C=O) groups is 1. The van der Waals surface area contributed by atoms with Crippen molar-refractivity contribution < 1.29 is 14.6 Å². The van der Waals surface area contributed by atoms with Crippen LogP contribution in [0.15, 0.2) is 23.6 Å². The van der Waals surface area contributed by atoms with Crippen molar-refractivity contribution in [3.8, 4) is 5.75 Å². The molecule has 1 aromatic carbocycles. The number of hydrogen-bond donors (Lipinski definition) is 1. The number of hydrogen-bond acceptors (Lipinski definition) is 4. The Balaban J connectivity index is 0.00000112. The SMILES string of the molecule is COC(=O)c1csc2cc(O)ccc12.Cl. The Hall–Kier alpha value is -1.26. The van der Waals surface area contributed by atoms with Gasteiger partial charge in [-0.15, -0.1) is 23.7 Å². The second kappa shape index (κ2) is 4.51. The zero-order chi connectivity index (χ0) is 10.1. The Kier molecular flexibility index (Phi) is 3.55. The molecule has 0 fully saturated rings. The lowest BCUT2D eigenvalue weighted by molar-refractivity contribution is 0.0603. The number of thiophene rings is 1. The molecule has 0 aliphatic rings. The van der Waals surface area contributed by atoms with Gasteiger partial charge in [0.05, 0.1) is 12.7 Å². The van der Waals surface area contributed by atoms with Gasteiger partial charge in [0.25, 0.3) is 0 Å². The summed E-state index contributed by atoms with van der Waals surface area (Å²) in [5.74, 6) is -0.141. The first-order chi connectivity index (χ1) is 6.72. The van der Waals surface area contributed by atoms with Gasteiger partial charge in [-0.2, -0.15) is 0 Å². The van der Waals surface area contributed by atoms with Crippen molar-refractivity contribution in [1.82, 2.24) is 0 Å². The number of aromatic hydroxyl groups is 1. The van der Waals surface area contributed by atoms with Gasteiger partial charge in [0, 0.05) is 15.5 Å². The molecule has 1 N–H and O–H groups in total. The summed E-state index contributed by atoms with van der Waals surface area (Å²) in [6.45, 7) is 0. The van der Waals surface area contributed by atoms with E-state index in [4.69, 9.17) is 0 Å². The lowest BCUT2D eigenvalue weighted by Gasteiger charge is -1.96. The molecule has 0 atom stereocenters. The van der Waals surface area contributed by atoms with Gasteiger partial charge in [-0.05, 0) is 18.2 Å². The summed E-state index contributed by atoms with van der Waals surface area (Å²) in [6.07, 6.45) is 0. The molecule has 0 radical (unpaired) electrons. The van der Waals surface area contributed by atoms with Gasteiger partial charge < -0.3 is 9.84 Å². The molecular formula is C10H9ClO3S. The number of esters is 1. The minimum Gasteiger partial charge on any atom is -0.508 e. The van der Waals surface area contributed by atoms with Gasteiger partial charge in [-0.1, -0.05) is 0 Å². The van der Waals surface area contributed by atoms with E-state index in [0.717, 1.165) is 10.1 Å². The zero-order valence-electron chi connectivity index (χ0n) is 7.89. The number of ether oxygens (including phenoxy) is 1. The summed E-state index contributed by atoms with van der Waals surface area (Å²) in [6, 6.07) is 4.90. The minimum atomic E-state index is -0.345. The first-order valence-corrected chi connectivity index (χ1v) is 4.89. The molecule has 3 nitrogen and oxygen atoms in total. The van der Waals surface area contributed by atoms with Gasteiger partial charge >= 0.3 is 5.97 Å². The van der Waals surface area contributed by atoms with Crippen LogP contribution in [0.2, 0.25) is 0 Å². The van der Waals surface area contributed by atoms with Gasteiger partial charge in [0.15, 0.2) is 0 Å². The summed E-state index contributed by atoms with van der Waals surface area (Å²) in [4.78, 5) is 11.3. The Morgan fingerprint density at radius 2 is 2.20 bits per heavy atom. The number of phenols is 1. The molecule has 15 heavy (non-hydrogen) atoms. The van der Waals surface area contributed by atoms with E-state index in [1.54, 1.807) is 23.6 Å². The molecule has 5 heteroatoms. The van der Waals surface area contributed by atoms with E-state index < -0.39 is 0 Å². The van der Waals surface area contributed by atoms with Crippen LogP contribution in [-0.4, -0.2) is 18.2 Å². The standard InChI is InChI=1S/C10H8O3S.ClH/c1-13-10(12)8-5-14-9-4-6(11)2-3-7(8)9;/h2-5,11H,1H3;1H. The van der Waals surface area contributed by atoms with Gasteiger partial charge in [-0.25, -0.2) is 4.79 Å². The summed E-state index contributed by atoms with van der Waals surface area (Å²) >= 11 is 1.41. The van der Waals surface area contributed by atoms with Crippen molar-refractivity contribution in [2.75, 3.05) is 7.11 Å². The zero-order valence-corrected chi connectivity index (χ0v) is 9.52. The number of rotatable bonds is 1. The van der Waals surface area contributed by atoms with Gasteiger partial charge in [-0.3, -0.25) is 0 Å². The lowest BCUT2D eigenvalue weighted by atomic mass is 10.2. The van der Waals surface area contributed by atoms with Crippen molar-refractivity contribution in [3.63, 3.8) is 0 Å². The molecule has 2 rings (SSSR count). The predicted octanol–water partition coefficient (Wildman–Crippen LogP) is 2.82. The van der Waals surface area contributed by atoms with Crippen LogP contribution >= 0.6 is 23.7 Å². The van der Waals surface area contributed by atoms with E-state index in [9.17, 15) is 9.90 Å². The quantitative estimate of drug-likeness (QED) is 0.785. The normalized spacial score (nSPS) is 9.67. The summed E-state index contributed by atoms with van der Waals surface area (Å²) in [5.41, 5.74) is 0.549. The van der Waals surface area contributed by atoms with Crippen molar-refractivity contribution in [2.24, 2.45) is 0 Å². The van der Waals surface area contributed by atoms with E-state index >= 15 is 0 Å². The second-order valence-electron chi connectivity index (χ2n) is 2.82. The predicted molar refractivity (Wildman–Crippen MR) is 62.1 cm³/mol. The molecule has 0 unspecified atom stereocenters. The second-order valence-corrected chi connectivity index (χ2v) is 3.73. The smallest absolute Gasteiger partial charge is 0.339 e. The molecule has 0 spiro atoms. The van der Waals surface area contributed by atoms with Crippen LogP contribution in [0.3, 0.4) is 0 Å². The van der Waals surface area contributed by atoms with Gasteiger partial charge in [0.2, 0.25) is 0 Å². The van der Waals surface area contributed by atoms with Crippen LogP contribution in [0.5, 0.6) is 5.75 Å². The van der Waals surface area contributed by atoms with Crippen LogP contribution < -0.4 is 0 Å². The molecule has 80 valence electrons. The van der Waals surface area contributed by atoms with Gasteiger partial charge in [0.1, 0.15) is 5.75 Å².